The lowest BCUT2D eigenvalue weighted by atomic mass is 9.94. The zero-order chi connectivity index (χ0) is 17.6. The van der Waals surface area contributed by atoms with Crippen LogP contribution in [-0.4, -0.2) is 36.6 Å². The summed E-state index contributed by atoms with van der Waals surface area (Å²) < 4.78 is 5.57. The molecule has 1 saturated heterocycles. The first kappa shape index (κ1) is 18.4. The van der Waals surface area contributed by atoms with E-state index >= 15 is 0 Å². The van der Waals surface area contributed by atoms with Gasteiger partial charge in [0, 0.05) is 30.8 Å². The number of para-hydroxylation sites is 1. The van der Waals surface area contributed by atoms with Gasteiger partial charge in [-0.1, -0.05) is 37.5 Å². The van der Waals surface area contributed by atoms with Crippen LogP contribution in [0.5, 0.6) is 0 Å². The summed E-state index contributed by atoms with van der Waals surface area (Å²) in [4.78, 5) is 15.1. The molecule has 1 aromatic rings. The van der Waals surface area contributed by atoms with E-state index in [1.807, 2.05) is 19.1 Å². The van der Waals surface area contributed by atoms with Crippen LogP contribution < -0.4 is 5.32 Å². The zero-order valence-corrected chi connectivity index (χ0v) is 15.7. The van der Waals surface area contributed by atoms with E-state index in [1.165, 1.54) is 37.7 Å². The molecule has 4 nitrogen and oxygen atoms in total. The second-order valence-corrected chi connectivity index (χ2v) is 7.76. The number of benzene rings is 1. The molecule has 0 unspecified atom stereocenters. The van der Waals surface area contributed by atoms with Gasteiger partial charge in [-0.25, -0.2) is 0 Å². The molecule has 1 amide bonds. The van der Waals surface area contributed by atoms with Gasteiger partial charge >= 0.3 is 0 Å². The Morgan fingerprint density at radius 1 is 1.20 bits per heavy atom. The Morgan fingerprint density at radius 3 is 2.72 bits per heavy atom. The number of amides is 1. The molecule has 2 aliphatic rings. The largest absolute Gasteiger partial charge is 0.378 e. The Morgan fingerprint density at radius 2 is 1.96 bits per heavy atom. The van der Waals surface area contributed by atoms with Crippen LogP contribution in [0.4, 0.5) is 5.69 Å². The molecule has 0 bridgehead atoms. The lowest BCUT2D eigenvalue weighted by molar-refractivity contribution is -0.124. The molecule has 1 saturated carbocycles. The molecule has 0 aromatic heterocycles. The molecular weight excluding hydrogens is 312 g/mol. The van der Waals surface area contributed by atoms with E-state index in [9.17, 15) is 4.79 Å². The maximum absolute atomic E-state index is 12.7. The second kappa shape index (κ2) is 8.81. The SMILES string of the molecule is C[C@H]1C[C@H](C(=O)Nc2ccccc2CN(C)C2CCCCC2)CCO1. The predicted molar refractivity (Wildman–Crippen MR) is 102 cm³/mol. The van der Waals surface area contributed by atoms with Crippen molar-refractivity contribution in [2.24, 2.45) is 5.92 Å². The molecular formula is C21H32N2O2. The van der Waals surface area contributed by atoms with Crippen molar-refractivity contribution in [3.05, 3.63) is 29.8 Å². The van der Waals surface area contributed by atoms with Crippen molar-refractivity contribution in [1.29, 1.82) is 0 Å². The lowest BCUT2D eigenvalue weighted by Gasteiger charge is -2.32. The third-order valence-corrected chi connectivity index (χ3v) is 5.75. The van der Waals surface area contributed by atoms with Crippen LogP contribution in [0.3, 0.4) is 0 Å². The minimum Gasteiger partial charge on any atom is -0.378 e. The highest BCUT2D eigenvalue weighted by Gasteiger charge is 2.26. The summed E-state index contributed by atoms with van der Waals surface area (Å²) in [6.07, 6.45) is 8.47. The average molecular weight is 344 g/mol. The smallest absolute Gasteiger partial charge is 0.227 e. The number of anilines is 1. The summed E-state index contributed by atoms with van der Waals surface area (Å²) in [6.45, 7) is 3.63. The molecule has 4 heteroatoms. The molecule has 2 fully saturated rings. The minimum atomic E-state index is 0.0629. The molecule has 1 aromatic carbocycles. The first-order valence-corrected chi connectivity index (χ1v) is 9.84. The quantitative estimate of drug-likeness (QED) is 0.870. The van der Waals surface area contributed by atoms with Gasteiger partial charge in [-0.15, -0.1) is 0 Å². The van der Waals surface area contributed by atoms with Gasteiger partial charge in [-0.2, -0.15) is 0 Å². The van der Waals surface area contributed by atoms with Crippen molar-refractivity contribution in [3.8, 4) is 0 Å². The second-order valence-electron chi connectivity index (χ2n) is 7.76. The van der Waals surface area contributed by atoms with Gasteiger partial charge in [-0.3, -0.25) is 9.69 Å². The average Bonchev–Trinajstić information content (AvgIpc) is 2.64. The number of nitrogens with zero attached hydrogens (tertiary/aromatic N) is 1. The third kappa shape index (κ3) is 5.05. The van der Waals surface area contributed by atoms with Gasteiger partial charge in [0.1, 0.15) is 0 Å². The number of nitrogens with one attached hydrogen (secondary N) is 1. The normalized spacial score (nSPS) is 25.1. The summed E-state index contributed by atoms with van der Waals surface area (Å²) >= 11 is 0. The highest BCUT2D eigenvalue weighted by atomic mass is 16.5. The fourth-order valence-corrected chi connectivity index (χ4v) is 4.17. The van der Waals surface area contributed by atoms with Crippen molar-refractivity contribution in [3.63, 3.8) is 0 Å². The van der Waals surface area contributed by atoms with Crippen LogP contribution >= 0.6 is 0 Å². The van der Waals surface area contributed by atoms with Gasteiger partial charge in [0.15, 0.2) is 0 Å². The Hall–Kier alpha value is -1.39. The standard InChI is InChI=1S/C21H32N2O2/c1-16-14-17(12-13-25-16)21(24)22-20-11-7-6-8-18(20)15-23(2)19-9-4-3-5-10-19/h6-8,11,16-17,19H,3-5,9-10,12-15H2,1-2H3,(H,22,24)/t16-,17+/m0/s1. The molecule has 3 rings (SSSR count). The molecule has 1 aliphatic heterocycles. The molecule has 2 atom stereocenters. The molecule has 1 aliphatic carbocycles. The van der Waals surface area contributed by atoms with E-state index < -0.39 is 0 Å². The summed E-state index contributed by atoms with van der Waals surface area (Å²) in [5.41, 5.74) is 2.18. The van der Waals surface area contributed by atoms with Gasteiger partial charge in [0.05, 0.1) is 6.10 Å². The van der Waals surface area contributed by atoms with Gasteiger partial charge in [-0.05, 0) is 51.3 Å². The van der Waals surface area contributed by atoms with Crippen molar-refractivity contribution < 1.29 is 9.53 Å². The summed E-state index contributed by atoms with van der Waals surface area (Å²) in [5, 5.41) is 3.19. The number of carbonyl (C=O) groups excluding carboxylic acids is 1. The molecule has 0 spiro atoms. The maximum Gasteiger partial charge on any atom is 0.227 e. The van der Waals surface area contributed by atoms with Crippen LogP contribution in [0.25, 0.3) is 0 Å². The molecule has 1 N–H and O–H groups in total. The van der Waals surface area contributed by atoms with Crippen LogP contribution in [0.2, 0.25) is 0 Å². The predicted octanol–water partition coefficient (Wildman–Crippen LogP) is 4.20. The number of carbonyl (C=O) groups is 1. The van der Waals surface area contributed by atoms with Crippen LogP contribution in [0, 0.1) is 5.92 Å². The summed E-state index contributed by atoms with van der Waals surface area (Å²) in [7, 11) is 2.22. The van der Waals surface area contributed by atoms with Crippen molar-refractivity contribution >= 4 is 11.6 Å². The van der Waals surface area contributed by atoms with Crippen LogP contribution in [-0.2, 0) is 16.1 Å². The first-order valence-electron chi connectivity index (χ1n) is 9.84. The van der Waals surface area contributed by atoms with Crippen molar-refractivity contribution in [2.75, 3.05) is 19.0 Å². The molecule has 0 radical (unpaired) electrons. The van der Waals surface area contributed by atoms with Crippen molar-refractivity contribution in [2.45, 2.75) is 70.6 Å². The van der Waals surface area contributed by atoms with E-state index in [-0.39, 0.29) is 17.9 Å². The Balaban J connectivity index is 1.62. The van der Waals surface area contributed by atoms with Gasteiger partial charge < -0.3 is 10.1 Å². The topological polar surface area (TPSA) is 41.6 Å². The minimum absolute atomic E-state index is 0.0629. The van der Waals surface area contributed by atoms with E-state index in [0.29, 0.717) is 12.6 Å². The highest BCUT2D eigenvalue weighted by Crippen LogP contribution is 2.26. The number of ether oxygens (including phenoxy) is 1. The third-order valence-electron chi connectivity index (χ3n) is 5.75. The van der Waals surface area contributed by atoms with E-state index in [0.717, 1.165) is 25.1 Å². The maximum atomic E-state index is 12.7. The summed E-state index contributed by atoms with van der Waals surface area (Å²) in [5.74, 6) is 0.204. The fourth-order valence-electron chi connectivity index (χ4n) is 4.17. The monoisotopic (exact) mass is 344 g/mol. The van der Waals surface area contributed by atoms with Crippen LogP contribution in [0.15, 0.2) is 24.3 Å². The van der Waals surface area contributed by atoms with Gasteiger partial charge in [0.25, 0.3) is 0 Å². The fraction of sp³-hybridized carbons (Fsp3) is 0.667. The zero-order valence-electron chi connectivity index (χ0n) is 15.7. The van der Waals surface area contributed by atoms with E-state index in [4.69, 9.17) is 4.74 Å². The number of hydrogen-bond acceptors (Lipinski definition) is 3. The number of rotatable bonds is 5. The van der Waals surface area contributed by atoms with E-state index in [2.05, 4.69) is 29.4 Å². The number of hydrogen-bond donors (Lipinski definition) is 1. The Labute approximate surface area is 151 Å². The Bertz CT molecular complexity index is 569. The highest BCUT2D eigenvalue weighted by molar-refractivity contribution is 5.93. The first-order chi connectivity index (χ1) is 12.1. The van der Waals surface area contributed by atoms with Crippen LogP contribution in [0.1, 0.15) is 57.4 Å². The Kier molecular flexibility index (Phi) is 6.49. The van der Waals surface area contributed by atoms with E-state index in [1.54, 1.807) is 0 Å². The molecule has 25 heavy (non-hydrogen) atoms. The van der Waals surface area contributed by atoms with Gasteiger partial charge in [0.2, 0.25) is 5.91 Å². The molecule has 138 valence electrons. The summed E-state index contributed by atoms with van der Waals surface area (Å²) in [6, 6.07) is 8.92. The van der Waals surface area contributed by atoms with Crippen molar-refractivity contribution in [1.82, 2.24) is 4.90 Å². The lowest BCUT2D eigenvalue weighted by Crippen LogP contribution is -2.34. The molecule has 1 heterocycles.